The first kappa shape index (κ1) is 15.9. The minimum atomic E-state index is 0.0409. The SMILES string of the molecule is COc1ccccc1C1=CCN(c2nc3c(c(=O)[nH]2)CCCC3)CC1. The molecular weight excluding hydrogens is 314 g/mol. The van der Waals surface area contributed by atoms with Gasteiger partial charge < -0.3 is 9.64 Å². The fraction of sp³-hybridized carbons (Fsp3) is 0.400. The quantitative estimate of drug-likeness (QED) is 0.935. The molecule has 0 saturated carbocycles. The fourth-order valence-corrected chi connectivity index (χ4v) is 3.76. The highest BCUT2D eigenvalue weighted by molar-refractivity contribution is 5.72. The fourth-order valence-electron chi connectivity index (χ4n) is 3.76. The van der Waals surface area contributed by atoms with Gasteiger partial charge in [0, 0.05) is 24.2 Å². The summed E-state index contributed by atoms with van der Waals surface area (Å²) in [6, 6.07) is 8.11. The van der Waals surface area contributed by atoms with Gasteiger partial charge in [-0.05, 0) is 43.7 Å². The first-order valence-electron chi connectivity index (χ1n) is 8.95. The molecule has 1 aliphatic heterocycles. The Morgan fingerprint density at radius 2 is 2.00 bits per heavy atom. The van der Waals surface area contributed by atoms with Gasteiger partial charge in [-0.1, -0.05) is 24.3 Å². The van der Waals surface area contributed by atoms with Crippen LogP contribution in [0.4, 0.5) is 5.95 Å². The van der Waals surface area contributed by atoms with E-state index in [2.05, 4.69) is 22.0 Å². The second kappa shape index (κ2) is 6.75. The molecule has 1 aromatic heterocycles. The summed E-state index contributed by atoms with van der Waals surface area (Å²) in [6.07, 6.45) is 7.10. The van der Waals surface area contributed by atoms with Gasteiger partial charge in [-0.15, -0.1) is 0 Å². The second-order valence-corrected chi connectivity index (χ2v) is 6.65. The summed E-state index contributed by atoms with van der Waals surface area (Å²) in [5.74, 6) is 1.61. The molecule has 4 rings (SSSR count). The smallest absolute Gasteiger partial charge is 0.255 e. The summed E-state index contributed by atoms with van der Waals surface area (Å²) in [7, 11) is 1.70. The lowest BCUT2D eigenvalue weighted by atomic mass is 9.97. The van der Waals surface area contributed by atoms with Crippen molar-refractivity contribution in [2.75, 3.05) is 25.1 Å². The molecular formula is C20H23N3O2. The number of fused-ring (bicyclic) bond motifs is 1. The summed E-state index contributed by atoms with van der Waals surface area (Å²) in [5.41, 5.74) is 4.35. The number of hydrogen-bond acceptors (Lipinski definition) is 4. The Kier molecular flexibility index (Phi) is 4.30. The molecule has 0 fully saturated rings. The van der Waals surface area contributed by atoms with Crippen LogP contribution in [0, 0.1) is 0 Å². The largest absolute Gasteiger partial charge is 0.496 e. The van der Waals surface area contributed by atoms with Gasteiger partial charge in [-0.25, -0.2) is 4.98 Å². The van der Waals surface area contributed by atoms with Crippen molar-refractivity contribution >= 4 is 11.5 Å². The van der Waals surface area contributed by atoms with Crippen LogP contribution in [0.1, 0.15) is 36.1 Å². The number of hydrogen-bond donors (Lipinski definition) is 1. The molecule has 0 unspecified atom stereocenters. The highest BCUT2D eigenvalue weighted by atomic mass is 16.5. The van der Waals surface area contributed by atoms with Crippen LogP contribution in [-0.4, -0.2) is 30.2 Å². The van der Waals surface area contributed by atoms with E-state index in [1.807, 2.05) is 18.2 Å². The zero-order chi connectivity index (χ0) is 17.2. The number of aromatic nitrogens is 2. The van der Waals surface area contributed by atoms with Crippen LogP contribution in [0.25, 0.3) is 5.57 Å². The van der Waals surface area contributed by atoms with Gasteiger partial charge >= 0.3 is 0 Å². The molecule has 1 aromatic carbocycles. The predicted molar refractivity (Wildman–Crippen MR) is 99.3 cm³/mol. The zero-order valence-corrected chi connectivity index (χ0v) is 14.5. The van der Waals surface area contributed by atoms with E-state index < -0.39 is 0 Å². The third-order valence-electron chi connectivity index (χ3n) is 5.14. The van der Waals surface area contributed by atoms with Crippen molar-refractivity contribution in [3.63, 3.8) is 0 Å². The summed E-state index contributed by atoms with van der Waals surface area (Å²) >= 11 is 0. The average molecular weight is 337 g/mol. The lowest BCUT2D eigenvalue weighted by molar-refractivity contribution is 0.413. The number of anilines is 1. The number of nitrogens with zero attached hydrogens (tertiary/aromatic N) is 2. The van der Waals surface area contributed by atoms with Crippen molar-refractivity contribution in [2.45, 2.75) is 32.1 Å². The number of para-hydroxylation sites is 1. The maximum atomic E-state index is 12.3. The lowest BCUT2D eigenvalue weighted by Crippen LogP contribution is -2.33. The second-order valence-electron chi connectivity index (χ2n) is 6.65. The number of methoxy groups -OCH3 is 1. The minimum Gasteiger partial charge on any atom is -0.496 e. The van der Waals surface area contributed by atoms with Gasteiger partial charge in [0.05, 0.1) is 12.8 Å². The van der Waals surface area contributed by atoms with E-state index in [1.54, 1.807) is 7.11 Å². The van der Waals surface area contributed by atoms with Gasteiger partial charge in [0.15, 0.2) is 0 Å². The van der Waals surface area contributed by atoms with E-state index >= 15 is 0 Å². The van der Waals surface area contributed by atoms with Crippen LogP contribution in [0.15, 0.2) is 35.1 Å². The van der Waals surface area contributed by atoms with Crippen LogP contribution in [0.2, 0.25) is 0 Å². The molecule has 0 spiro atoms. The minimum absolute atomic E-state index is 0.0409. The van der Waals surface area contributed by atoms with Crippen molar-refractivity contribution in [1.29, 1.82) is 0 Å². The molecule has 0 saturated heterocycles. The summed E-state index contributed by atoms with van der Waals surface area (Å²) < 4.78 is 5.47. The van der Waals surface area contributed by atoms with E-state index in [4.69, 9.17) is 9.72 Å². The van der Waals surface area contributed by atoms with Gasteiger partial charge in [0.25, 0.3) is 5.56 Å². The molecule has 0 radical (unpaired) electrons. The van der Waals surface area contributed by atoms with Crippen molar-refractivity contribution in [3.05, 3.63) is 57.5 Å². The van der Waals surface area contributed by atoms with E-state index in [9.17, 15) is 4.79 Å². The van der Waals surface area contributed by atoms with Crippen molar-refractivity contribution in [1.82, 2.24) is 9.97 Å². The Morgan fingerprint density at radius 1 is 1.16 bits per heavy atom. The molecule has 0 atom stereocenters. The Bertz CT molecular complexity index is 869. The number of benzene rings is 1. The molecule has 5 nitrogen and oxygen atoms in total. The van der Waals surface area contributed by atoms with Crippen LogP contribution < -0.4 is 15.2 Å². The van der Waals surface area contributed by atoms with Crippen molar-refractivity contribution in [2.24, 2.45) is 0 Å². The Labute approximate surface area is 147 Å². The highest BCUT2D eigenvalue weighted by Gasteiger charge is 2.20. The van der Waals surface area contributed by atoms with Gasteiger partial charge in [-0.3, -0.25) is 9.78 Å². The number of nitrogens with one attached hydrogen (secondary N) is 1. The topological polar surface area (TPSA) is 58.2 Å². The van der Waals surface area contributed by atoms with Crippen LogP contribution in [0.5, 0.6) is 5.75 Å². The monoisotopic (exact) mass is 337 g/mol. The number of rotatable bonds is 3. The van der Waals surface area contributed by atoms with Crippen LogP contribution in [-0.2, 0) is 12.8 Å². The molecule has 0 amide bonds. The van der Waals surface area contributed by atoms with E-state index in [0.29, 0.717) is 5.95 Å². The van der Waals surface area contributed by atoms with Gasteiger partial charge in [0.2, 0.25) is 5.95 Å². The normalized spacial score (nSPS) is 17.0. The molecule has 0 bridgehead atoms. The number of aromatic amines is 1. The molecule has 2 aromatic rings. The average Bonchev–Trinajstić information content (AvgIpc) is 2.68. The van der Waals surface area contributed by atoms with E-state index in [0.717, 1.165) is 67.8 Å². The van der Waals surface area contributed by atoms with Crippen LogP contribution >= 0.6 is 0 Å². The molecule has 25 heavy (non-hydrogen) atoms. The standard InChI is InChI=1S/C20H23N3O2/c1-25-18-9-5-3-6-15(18)14-10-12-23(13-11-14)20-21-17-8-4-2-7-16(17)19(24)22-20/h3,5-6,9-10H,2,4,7-8,11-13H2,1H3,(H,21,22,24). The highest BCUT2D eigenvalue weighted by Crippen LogP contribution is 2.30. The van der Waals surface area contributed by atoms with Gasteiger partial charge in [0.1, 0.15) is 5.75 Å². The predicted octanol–water partition coefficient (Wildman–Crippen LogP) is 2.95. The summed E-state index contributed by atoms with van der Waals surface area (Å²) in [5, 5.41) is 0. The third-order valence-corrected chi connectivity index (χ3v) is 5.14. The number of H-pyrrole nitrogens is 1. The van der Waals surface area contributed by atoms with Gasteiger partial charge in [-0.2, -0.15) is 0 Å². The first-order chi connectivity index (χ1) is 12.3. The molecule has 1 N–H and O–H groups in total. The lowest BCUT2D eigenvalue weighted by Gasteiger charge is -2.28. The molecule has 1 aliphatic carbocycles. The van der Waals surface area contributed by atoms with Crippen LogP contribution in [0.3, 0.4) is 0 Å². The van der Waals surface area contributed by atoms with Crippen molar-refractivity contribution < 1.29 is 4.74 Å². The summed E-state index contributed by atoms with van der Waals surface area (Å²) in [6.45, 7) is 1.58. The van der Waals surface area contributed by atoms with E-state index in [1.165, 1.54) is 5.57 Å². The number of aryl methyl sites for hydroxylation is 1. The molecule has 130 valence electrons. The summed E-state index contributed by atoms with van der Waals surface area (Å²) in [4.78, 5) is 22.2. The zero-order valence-electron chi connectivity index (χ0n) is 14.5. The Hall–Kier alpha value is -2.56. The molecule has 5 heteroatoms. The maximum absolute atomic E-state index is 12.3. The molecule has 2 aliphatic rings. The third kappa shape index (κ3) is 3.06. The Balaban J connectivity index is 1.58. The number of ether oxygens (including phenoxy) is 1. The van der Waals surface area contributed by atoms with E-state index in [-0.39, 0.29) is 5.56 Å². The molecule has 2 heterocycles. The van der Waals surface area contributed by atoms with Crippen molar-refractivity contribution in [3.8, 4) is 5.75 Å². The Morgan fingerprint density at radius 3 is 2.80 bits per heavy atom. The first-order valence-corrected chi connectivity index (χ1v) is 8.95. The maximum Gasteiger partial charge on any atom is 0.255 e.